The second-order valence-electron chi connectivity index (χ2n) is 5.85. The minimum atomic E-state index is -0.522. The highest BCUT2D eigenvalue weighted by Crippen LogP contribution is 2.28. The van der Waals surface area contributed by atoms with Crippen molar-refractivity contribution in [1.82, 2.24) is 10.3 Å². The lowest BCUT2D eigenvalue weighted by Gasteiger charge is -1.99. The average molecular weight is 374 g/mol. The van der Waals surface area contributed by atoms with Crippen LogP contribution in [-0.2, 0) is 4.79 Å². The Hall–Kier alpha value is -3.45. The number of aliphatic imine (C=N–C) groups is 1. The maximum atomic E-state index is 12.3. The summed E-state index contributed by atoms with van der Waals surface area (Å²) in [4.78, 5) is 32.7. The zero-order chi connectivity index (χ0) is 18.8. The summed E-state index contributed by atoms with van der Waals surface area (Å²) in [6.07, 6.45) is 3.56. The number of rotatable bonds is 3. The van der Waals surface area contributed by atoms with Crippen LogP contribution in [0.1, 0.15) is 15.9 Å². The van der Waals surface area contributed by atoms with Crippen LogP contribution in [0.25, 0.3) is 17.0 Å². The standard InChI is InChI=1S/C20H14N4O2S/c21-18(25)14-3-1-5-15(11-14)23-20-24-19(26)17(27-20)10-12-6-7-16-13(9-12)4-2-8-22-16/h1-11H,(H2,21,25)(H,23,24,26)/b17-10-. The van der Waals surface area contributed by atoms with Crippen molar-refractivity contribution in [3.8, 4) is 0 Å². The Bertz CT molecular complexity index is 1140. The van der Waals surface area contributed by atoms with Gasteiger partial charge in [0.05, 0.1) is 16.1 Å². The molecule has 1 aliphatic heterocycles. The molecule has 4 rings (SSSR count). The number of carbonyl (C=O) groups is 2. The van der Waals surface area contributed by atoms with E-state index < -0.39 is 5.91 Å². The van der Waals surface area contributed by atoms with E-state index in [4.69, 9.17) is 5.73 Å². The quantitative estimate of drug-likeness (QED) is 0.688. The SMILES string of the molecule is NC(=O)c1cccc(/N=C2/NC(=O)/C(=C/c3ccc4ncccc4c3)S2)c1. The van der Waals surface area contributed by atoms with Gasteiger partial charge in [0.15, 0.2) is 5.17 Å². The predicted molar refractivity (Wildman–Crippen MR) is 108 cm³/mol. The van der Waals surface area contributed by atoms with E-state index in [1.54, 1.807) is 30.5 Å². The lowest BCUT2D eigenvalue weighted by molar-refractivity contribution is -0.115. The number of pyridine rings is 1. The molecule has 132 valence electrons. The van der Waals surface area contributed by atoms with Gasteiger partial charge in [-0.3, -0.25) is 14.6 Å². The van der Waals surface area contributed by atoms with Crippen LogP contribution in [0.2, 0.25) is 0 Å². The number of aromatic nitrogens is 1. The molecular formula is C20H14N4O2S. The second kappa shape index (κ2) is 7.05. The Balaban J connectivity index is 1.60. The lowest BCUT2D eigenvalue weighted by Crippen LogP contribution is -2.19. The highest BCUT2D eigenvalue weighted by molar-refractivity contribution is 8.18. The van der Waals surface area contributed by atoms with Gasteiger partial charge in [-0.2, -0.15) is 0 Å². The smallest absolute Gasteiger partial charge is 0.264 e. The van der Waals surface area contributed by atoms with Crippen LogP contribution >= 0.6 is 11.8 Å². The maximum absolute atomic E-state index is 12.3. The first-order chi connectivity index (χ1) is 13.1. The Kier molecular flexibility index (Phi) is 4.43. The van der Waals surface area contributed by atoms with Gasteiger partial charge < -0.3 is 11.1 Å². The minimum absolute atomic E-state index is 0.212. The number of hydrogen-bond donors (Lipinski definition) is 2. The number of thioether (sulfide) groups is 1. The van der Waals surface area contributed by atoms with E-state index >= 15 is 0 Å². The fraction of sp³-hybridized carbons (Fsp3) is 0. The monoisotopic (exact) mass is 374 g/mol. The van der Waals surface area contributed by atoms with Gasteiger partial charge in [0.2, 0.25) is 5.91 Å². The summed E-state index contributed by atoms with van der Waals surface area (Å²) >= 11 is 1.25. The molecule has 0 saturated carbocycles. The highest BCUT2D eigenvalue weighted by atomic mass is 32.2. The van der Waals surface area contributed by atoms with E-state index in [2.05, 4.69) is 15.3 Å². The number of amidine groups is 1. The summed E-state index contributed by atoms with van der Waals surface area (Å²) in [5.74, 6) is -0.734. The van der Waals surface area contributed by atoms with Gasteiger partial charge in [0.25, 0.3) is 5.91 Å². The number of nitrogens with one attached hydrogen (secondary N) is 1. The van der Waals surface area contributed by atoms with Gasteiger partial charge in [-0.25, -0.2) is 4.99 Å². The van der Waals surface area contributed by atoms with Crippen LogP contribution in [0.3, 0.4) is 0 Å². The zero-order valence-electron chi connectivity index (χ0n) is 14.0. The summed E-state index contributed by atoms with van der Waals surface area (Å²) < 4.78 is 0. The first-order valence-electron chi connectivity index (χ1n) is 8.13. The van der Waals surface area contributed by atoms with Crippen LogP contribution in [-0.4, -0.2) is 22.0 Å². The Morgan fingerprint density at radius 1 is 1.15 bits per heavy atom. The molecule has 3 aromatic rings. The first kappa shape index (κ1) is 17.0. The number of nitrogens with two attached hydrogens (primary N) is 1. The second-order valence-corrected chi connectivity index (χ2v) is 6.88. The lowest BCUT2D eigenvalue weighted by atomic mass is 10.1. The summed E-state index contributed by atoms with van der Waals surface area (Å²) in [7, 11) is 0. The van der Waals surface area contributed by atoms with Crippen molar-refractivity contribution in [1.29, 1.82) is 0 Å². The average Bonchev–Trinajstić information content (AvgIpc) is 3.00. The topological polar surface area (TPSA) is 97.4 Å². The van der Waals surface area contributed by atoms with Gasteiger partial charge in [0, 0.05) is 17.1 Å². The third-order valence-electron chi connectivity index (χ3n) is 3.94. The summed E-state index contributed by atoms with van der Waals surface area (Å²) in [6, 6.07) is 16.3. The van der Waals surface area contributed by atoms with Gasteiger partial charge in [-0.1, -0.05) is 18.2 Å². The van der Waals surface area contributed by atoms with Crippen LogP contribution in [0.4, 0.5) is 5.69 Å². The number of fused-ring (bicyclic) bond motifs is 1. The molecule has 1 aromatic heterocycles. The first-order valence-corrected chi connectivity index (χ1v) is 8.94. The molecule has 7 heteroatoms. The van der Waals surface area contributed by atoms with Crippen LogP contribution < -0.4 is 11.1 Å². The van der Waals surface area contributed by atoms with E-state index in [9.17, 15) is 9.59 Å². The molecule has 6 nitrogen and oxygen atoms in total. The summed E-state index contributed by atoms with van der Waals surface area (Å²) in [6.45, 7) is 0. The van der Waals surface area contributed by atoms with Gasteiger partial charge in [-0.05, 0) is 59.8 Å². The molecule has 0 radical (unpaired) electrons. The van der Waals surface area contributed by atoms with Crippen LogP contribution in [0.5, 0.6) is 0 Å². The molecule has 0 bridgehead atoms. The number of primary amides is 1. The molecule has 1 saturated heterocycles. The van der Waals surface area contributed by atoms with E-state index in [1.807, 2.05) is 36.4 Å². The molecule has 0 unspecified atom stereocenters. The molecule has 2 heterocycles. The normalized spacial score (nSPS) is 16.8. The van der Waals surface area contributed by atoms with Crippen molar-refractivity contribution in [2.75, 3.05) is 0 Å². The number of hydrogen-bond acceptors (Lipinski definition) is 5. The molecule has 1 fully saturated rings. The fourth-order valence-corrected chi connectivity index (χ4v) is 3.50. The predicted octanol–water partition coefficient (Wildman–Crippen LogP) is 3.23. The molecule has 0 spiro atoms. The van der Waals surface area contributed by atoms with Crippen molar-refractivity contribution in [2.24, 2.45) is 10.7 Å². The van der Waals surface area contributed by atoms with Crippen molar-refractivity contribution in [3.05, 3.63) is 76.8 Å². The van der Waals surface area contributed by atoms with Crippen molar-refractivity contribution in [2.45, 2.75) is 0 Å². The number of amides is 2. The Morgan fingerprint density at radius 2 is 2.04 bits per heavy atom. The number of nitrogens with zero attached hydrogens (tertiary/aromatic N) is 2. The third kappa shape index (κ3) is 3.73. The van der Waals surface area contributed by atoms with Crippen molar-refractivity contribution >= 4 is 51.4 Å². The van der Waals surface area contributed by atoms with E-state index in [0.717, 1.165) is 16.5 Å². The molecule has 3 N–H and O–H groups in total. The molecule has 2 amide bonds. The molecule has 0 aliphatic carbocycles. The molecular weight excluding hydrogens is 360 g/mol. The maximum Gasteiger partial charge on any atom is 0.264 e. The van der Waals surface area contributed by atoms with E-state index in [0.29, 0.717) is 21.3 Å². The minimum Gasteiger partial charge on any atom is -0.366 e. The fourth-order valence-electron chi connectivity index (χ4n) is 2.66. The van der Waals surface area contributed by atoms with Gasteiger partial charge in [0.1, 0.15) is 0 Å². The van der Waals surface area contributed by atoms with Crippen LogP contribution in [0, 0.1) is 0 Å². The molecule has 0 atom stereocenters. The van der Waals surface area contributed by atoms with Crippen molar-refractivity contribution in [3.63, 3.8) is 0 Å². The largest absolute Gasteiger partial charge is 0.366 e. The van der Waals surface area contributed by atoms with Crippen LogP contribution in [0.15, 0.2) is 70.7 Å². The van der Waals surface area contributed by atoms with E-state index in [-0.39, 0.29) is 5.91 Å². The third-order valence-corrected chi connectivity index (χ3v) is 4.85. The van der Waals surface area contributed by atoms with E-state index in [1.165, 1.54) is 11.8 Å². The number of benzene rings is 2. The summed E-state index contributed by atoms with van der Waals surface area (Å²) in [5.41, 5.74) is 8.01. The van der Waals surface area contributed by atoms with Crippen molar-refractivity contribution < 1.29 is 9.59 Å². The molecule has 2 aromatic carbocycles. The van der Waals surface area contributed by atoms with Gasteiger partial charge >= 0.3 is 0 Å². The summed E-state index contributed by atoms with van der Waals surface area (Å²) in [5, 5.41) is 4.20. The molecule has 1 aliphatic rings. The zero-order valence-corrected chi connectivity index (χ0v) is 14.9. The van der Waals surface area contributed by atoms with Gasteiger partial charge in [-0.15, -0.1) is 0 Å². The molecule has 27 heavy (non-hydrogen) atoms. The Labute approximate surface area is 159 Å². The number of carbonyl (C=O) groups excluding carboxylic acids is 2. The Morgan fingerprint density at radius 3 is 2.89 bits per heavy atom. The highest BCUT2D eigenvalue weighted by Gasteiger charge is 2.23.